The van der Waals surface area contributed by atoms with Crippen molar-refractivity contribution in [3.63, 3.8) is 0 Å². The number of halogens is 1. The molecule has 1 aromatic heterocycles. The lowest BCUT2D eigenvalue weighted by Gasteiger charge is -2.24. The van der Waals surface area contributed by atoms with Crippen LogP contribution in [0.15, 0.2) is 30.5 Å². The first-order valence-electron chi connectivity index (χ1n) is 9.56. The summed E-state index contributed by atoms with van der Waals surface area (Å²) in [6, 6.07) is 8.04. The van der Waals surface area contributed by atoms with E-state index in [1.807, 2.05) is 18.2 Å². The summed E-state index contributed by atoms with van der Waals surface area (Å²) in [5.41, 5.74) is 2.17. The monoisotopic (exact) mass is 358 g/mol. The SMILES string of the molecule is Clc1cccc(-c2cn(CCN3CCCC3)c(C3CCNCC3)n2)c1. The maximum absolute atomic E-state index is 6.19. The molecule has 2 saturated heterocycles. The molecule has 2 aromatic rings. The van der Waals surface area contributed by atoms with E-state index in [0.717, 1.165) is 42.5 Å². The predicted molar refractivity (Wildman–Crippen MR) is 103 cm³/mol. The fraction of sp³-hybridized carbons (Fsp3) is 0.550. The second kappa shape index (κ2) is 7.90. The zero-order valence-electron chi connectivity index (χ0n) is 14.8. The van der Waals surface area contributed by atoms with Gasteiger partial charge in [0.05, 0.1) is 5.69 Å². The van der Waals surface area contributed by atoms with Crippen molar-refractivity contribution in [3.8, 4) is 11.3 Å². The molecular weight excluding hydrogens is 332 g/mol. The topological polar surface area (TPSA) is 33.1 Å². The highest BCUT2D eigenvalue weighted by Gasteiger charge is 2.22. The van der Waals surface area contributed by atoms with Crippen molar-refractivity contribution in [2.45, 2.75) is 38.1 Å². The third kappa shape index (κ3) is 4.08. The molecule has 1 aromatic carbocycles. The van der Waals surface area contributed by atoms with Gasteiger partial charge < -0.3 is 14.8 Å². The molecule has 25 heavy (non-hydrogen) atoms. The Bertz CT molecular complexity index is 699. The second-order valence-corrected chi connectivity index (χ2v) is 7.70. The molecule has 4 nitrogen and oxygen atoms in total. The van der Waals surface area contributed by atoms with E-state index in [0.29, 0.717) is 5.92 Å². The van der Waals surface area contributed by atoms with Crippen LogP contribution in [0, 0.1) is 0 Å². The first-order chi connectivity index (χ1) is 12.3. The predicted octanol–water partition coefficient (Wildman–Crippen LogP) is 3.77. The van der Waals surface area contributed by atoms with Crippen LogP contribution in [-0.2, 0) is 6.54 Å². The standard InChI is InChI=1S/C20H27ClN4/c21-18-5-3-4-17(14-18)19-15-25(13-12-24-10-1-2-11-24)20(23-19)16-6-8-22-9-7-16/h3-5,14-16,22H,1-2,6-13H2. The molecule has 0 unspecified atom stereocenters. The number of benzene rings is 1. The van der Waals surface area contributed by atoms with Crippen LogP contribution >= 0.6 is 11.6 Å². The van der Waals surface area contributed by atoms with E-state index in [1.54, 1.807) is 0 Å². The Morgan fingerprint density at radius 1 is 1.12 bits per heavy atom. The summed E-state index contributed by atoms with van der Waals surface area (Å²) in [4.78, 5) is 7.62. The molecule has 134 valence electrons. The van der Waals surface area contributed by atoms with Crippen LogP contribution in [0.4, 0.5) is 0 Å². The molecule has 0 saturated carbocycles. The van der Waals surface area contributed by atoms with E-state index in [-0.39, 0.29) is 0 Å². The lowest BCUT2D eigenvalue weighted by molar-refractivity contribution is 0.316. The van der Waals surface area contributed by atoms with Crippen LogP contribution in [0.25, 0.3) is 11.3 Å². The smallest absolute Gasteiger partial charge is 0.112 e. The largest absolute Gasteiger partial charge is 0.333 e. The Labute approximate surface area is 155 Å². The van der Waals surface area contributed by atoms with Gasteiger partial charge in [0.1, 0.15) is 5.82 Å². The molecule has 0 bridgehead atoms. The zero-order chi connectivity index (χ0) is 17.1. The molecule has 0 amide bonds. The molecule has 0 atom stereocenters. The van der Waals surface area contributed by atoms with Gasteiger partial charge >= 0.3 is 0 Å². The molecule has 1 N–H and O–H groups in total. The average molecular weight is 359 g/mol. The van der Waals surface area contributed by atoms with Crippen LogP contribution in [0.1, 0.15) is 37.4 Å². The van der Waals surface area contributed by atoms with Gasteiger partial charge in [-0.05, 0) is 64.0 Å². The number of rotatable bonds is 5. The van der Waals surface area contributed by atoms with Crippen molar-refractivity contribution in [3.05, 3.63) is 41.3 Å². The average Bonchev–Trinajstić information content (AvgIpc) is 3.30. The number of likely N-dealkylation sites (tertiary alicyclic amines) is 1. The Kier molecular flexibility index (Phi) is 5.39. The molecule has 4 rings (SSSR count). The molecular formula is C20H27ClN4. The Morgan fingerprint density at radius 3 is 2.68 bits per heavy atom. The van der Waals surface area contributed by atoms with Gasteiger partial charge in [0.25, 0.3) is 0 Å². The maximum atomic E-state index is 6.19. The number of aromatic nitrogens is 2. The van der Waals surface area contributed by atoms with Gasteiger partial charge in [0.15, 0.2) is 0 Å². The lowest BCUT2D eigenvalue weighted by atomic mass is 9.97. The molecule has 5 heteroatoms. The minimum absolute atomic E-state index is 0.563. The summed E-state index contributed by atoms with van der Waals surface area (Å²) in [5.74, 6) is 1.82. The van der Waals surface area contributed by atoms with Crippen molar-refractivity contribution < 1.29 is 0 Å². The first-order valence-corrected chi connectivity index (χ1v) is 9.93. The molecule has 0 spiro atoms. The Balaban J connectivity index is 1.59. The van der Waals surface area contributed by atoms with Crippen molar-refractivity contribution in [2.24, 2.45) is 0 Å². The Morgan fingerprint density at radius 2 is 1.92 bits per heavy atom. The minimum Gasteiger partial charge on any atom is -0.333 e. The summed E-state index contributed by atoms with van der Waals surface area (Å²) in [6.45, 7) is 6.85. The van der Waals surface area contributed by atoms with Gasteiger partial charge in [-0.2, -0.15) is 0 Å². The highest BCUT2D eigenvalue weighted by atomic mass is 35.5. The molecule has 2 aliphatic heterocycles. The van der Waals surface area contributed by atoms with E-state index in [1.165, 1.54) is 44.6 Å². The van der Waals surface area contributed by atoms with Gasteiger partial charge in [-0.15, -0.1) is 0 Å². The van der Waals surface area contributed by atoms with Gasteiger partial charge in [-0.25, -0.2) is 4.98 Å². The Hall–Kier alpha value is -1.36. The number of imidazole rings is 1. The number of piperidine rings is 1. The summed E-state index contributed by atoms with van der Waals surface area (Å²) in [7, 11) is 0. The fourth-order valence-corrected chi connectivity index (χ4v) is 4.25. The van der Waals surface area contributed by atoms with Crippen LogP contribution < -0.4 is 5.32 Å². The van der Waals surface area contributed by atoms with Gasteiger partial charge in [0.2, 0.25) is 0 Å². The van der Waals surface area contributed by atoms with Gasteiger partial charge in [-0.3, -0.25) is 0 Å². The van der Waals surface area contributed by atoms with E-state index in [9.17, 15) is 0 Å². The normalized spacial score (nSPS) is 19.6. The highest BCUT2D eigenvalue weighted by Crippen LogP contribution is 2.29. The number of nitrogens with zero attached hydrogens (tertiary/aromatic N) is 3. The first kappa shape index (κ1) is 17.1. The van der Waals surface area contributed by atoms with Gasteiger partial charge in [-0.1, -0.05) is 23.7 Å². The van der Waals surface area contributed by atoms with Crippen LogP contribution in [-0.4, -0.2) is 47.2 Å². The second-order valence-electron chi connectivity index (χ2n) is 7.26. The molecule has 2 fully saturated rings. The van der Waals surface area contributed by atoms with Crippen molar-refractivity contribution >= 4 is 11.6 Å². The molecule has 0 aliphatic carbocycles. The van der Waals surface area contributed by atoms with E-state index in [4.69, 9.17) is 16.6 Å². The summed E-state index contributed by atoms with van der Waals surface area (Å²) in [5, 5.41) is 4.23. The van der Waals surface area contributed by atoms with Crippen LogP contribution in [0.3, 0.4) is 0 Å². The van der Waals surface area contributed by atoms with Crippen LogP contribution in [0.5, 0.6) is 0 Å². The van der Waals surface area contributed by atoms with Crippen LogP contribution in [0.2, 0.25) is 5.02 Å². The molecule has 0 radical (unpaired) electrons. The summed E-state index contributed by atoms with van der Waals surface area (Å²) < 4.78 is 2.41. The number of hydrogen-bond donors (Lipinski definition) is 1. The van der Waals surface area contributed by atoms with Crippen molar-refractivity contribution in [1.82, 2.24) is 19.8 Å². The molecule has 2 aliphatic rings. The van der Waals surface area contributed by atoms with Gasteiger partial charge in [0, 0.05) is 35.8 Å². The third-order valence-electron chi connectivity index (χ3n) is 5.49. The summed E-state index contributed by atoms with van der Waals surface area (Å²) in [6.07, 6.45) is 7.28. The maximum Gasteiger partial charge on any atom is 0.112 e. The van der Waals surface area contributed by atoms with E-state index < -0.39 is 0 Å². The van der Waals surface area contributed by atoms with E-state index in [2.05, 4.69) is 27.0 Å². The zero-order valence-corrected chi connectivity index (χ0v) is 15.5. The fourth-order valence-electron chi connectivity index (χ4n) is 4.06. The van der Waals surface area contributed by atoms with Crippen molar-refractivity contribution in [1.29, 1.82) is 0 Å². The number of nitrogens with one attached hydrogen (secondary N) is 1. The highest BCUT2D eigenvalue weighted by molar-refractivity contribution is 6.30. The van der Waals surface area contributed by atoms with Crippen molar-refractivity contribution in [2.75, 3.05) is 32.7 Å². The quantitative estimate of drug-likeness (QED) is 0.883. The lowest BCUT2D eigenvalue weighted by Crippen LogP contribution is -2.29. The third-order valence-corrected chi connectivity index (χ3v) is 5.72. The summed E-state index contributed by atoms with van der Waals surface area (Å²) >= 11 is 6.19. The number of hydrogen-bond acceptors (Lipinski definition) is 3. The molecule has 3 heterocycles. The van der Waals surface area contributed by atoms with E-state index >= 15 is 0 Å². The minimum atomic E-state index is 0.563.